The predicted octanol–water partition coefficient (Wildman–Crippen LogP) is 2.83. The molecule has 0 aliphatic carbocycles. The quantitative estimate of drug-likeness (QED) is 0.689. The second-order valence-electron chi connectivity index (χ2n) is 3.71. The number of anilines is 1. The summed E-state index contributed by atoms with van der Waals surface area (Å²) >= 11 is 0. The van der Waals surface area contributed by atoms with Gasteiger partial charge in [0.15, 0.2) is 0 Å². The summed E-state index contributed by atoms with van der Waals surface area (Å²) in [7, 11) is 3.73. The maximum Gasteiger partial charge on any atom is 0.142 e. The molecule has 1 aromatic rings. The highest BCUT2D eigenvalue weighted by Crippen LogP contribution is 2.26. The van der Waals surface area contributed by atoms with Crippen molar-refractivity contribution in [3.63, 3.8) is 0 Å². The molecule has 1 aromatic carbocycles. The van der Waals surface area contributed by atoms with Gasteiger partial charge in [0.2, 0.25) is 0 Å². The fraction of sp³-hybridized carbons (Fsp3) is 0.462. The van der Waals surface area contributed by atoms with Crippen molar-refractivity contribution in [2.45, 2.75) is 19.3 Å². The zero-order valence-electron chi connectivity index (χ0n) is 9.94. The Labute approximate surface area is 97.3 Å². The number of nitrogens with zero attached hydrogens (tertiary/aromatic N) is 2. The van der Waals surface area contributed by atoms with Crippen LogP contribution in [-0.2, 0) is 0 Å². The molecule has 16 heavy (non-hydrogen) atoms. The lowest BCUT2D eigenvalue weighted by molar-refractivity contribution is 0.414. The average Bonchev–Trinajstić information content (AvgIpc) is 2.34. The Bertz CT molecular complexity index is 357. The second kappa shape index (κ2) is 6.73. The van der Waals surface area contributed by atoms with Crippen molar-refractivity contribution in [2.75, 3.05) is 25.6 Å². The summed E-state index contributed by atoms with van der Waals surface area (Å²) in [6.07, 6.45) is 2.62. The molecule has 0 heterocycles. The van der Waals surface area contributed by atoms with E-state index in [1.807, 2.05) is 31.3 Å². The maximum absolute atomic E-state index is 8.45. The van der Waals surface area contributed by atoms with Crippen molar-refractivity contribution < 1.29 is 4.74 Å². The molecule has 86 valence electrons. The van der Waals surface area contributed by atoms with Crippen molar-refractivity contribution in [1.29, 1.82) is 5.26 Å². The van der Waals surface area contributed by atoms with E-state index in [4.69, 9.17) is 10.00 Å². The number of benzene rings is 1. The van der Waals surface area contributed by atoms with E-state index in [0.29, 0.717) is 6.42 Å². The first kappa shape index (κ1) is 12.4. The molecule has 3 heteroatoms. The number of para-hydroxylation sites is 2. The Hall–Kier alpha value is -1.69. The fourth-order valence-corrected chi connectivity index (χ4v) is 1.62. The van der Waals surface area contributed by atoms with Gasteiger partial charge in [-0.15, -0.1) is 0 Å². The van der Waals surface area contributed by atoms with Gasteiger partial charge < -0.3 is 9.64 Å². The van der Waals surface area contributed by atoms with Crippen LogP contribution >= 0.6 is 0 Å². The van der Waals surface area contributed by atoms with E-state index in [9.17, 15) is 0 Å². The largest absolute Gasteiger partial charge is 0.495 e. The highest BCUT2D eigenvalue weighted by Gasteiger charge is 2.06. The van der Waals surface area contributed by atoms with Crippen molar-refractivity contribution in [2.24, 2.45) is 0 Å². The molecule has 0 saturated heterocycles. The molecule has 0 aliphatic rings. The summed E-state index contributed by atoms with van der Waals surface area (Å²) in [6, 6.07) is 10.1. The molecule has 0 N–H and O–H groups in total. The molecule has 0 bridgehead atoms. The van der Waals surface area contributed by atoms with E-state index < -0.39 is 0 Å². The molecule has 0 aliphatic heterocycles. The van der Waals surface area contributed by atoms with Crippen LogP contribution in [0, 0.1) is 11.3 Å². The van der Waals surface area contributed by atoms with Gasteiger partial charge in [0.25, 0.3) is 0 Å². The molecular formula is C13H18N2O. The normalized spacial score (nSPS) is 9.56. The lowest BCUT2D eigenvalue weighted by Crippen LogP contribution is -2.19. The molecule has 0 atom stereocenters. The summed E-state index contributed by atoms with van der Waals surface area (Å²) in [6.45, 7) is 0.946. The van der Waals surface area contributed by atoms with Crippen molar-refractivity contribution in [3.8, 4) is 11.8 Å². The molecule has 0 saturated carbocycles. The summed E-state index contributed by atoms with van der Waals surface area (Å²) in [5.41, 5.74) is 1.10. The molecule has 0 radical (unpaired) electrons. The molecule has 0 aromatic heterocycles. The number of hydrogen-bond acceptors (Lipinski definition) is 3. The van der Waals surface area contributed by atoms with Gasteiger partial charge in [-0.05, 0) is 25.0 Å². The van der Waals surface area contributed by atoms with E-state index in [0.717, 1.165) is 30.8 Å². The Kier molecular flexibility index (Phi) is 5.21. The lowest BCUT2D eigenvalue weighted by Gasteiger charge is -2.21. The van der Waals surface area contributed by atoms with Crippen molar-refractivity contribution in [1.82, 2.24) is 0 Å². The van der Waals surface area contributed by atoms with Crippen LogP contribution in [-0.4, -0.2) is 20.7 Å². The van der Waals surface area contributed by atoms with Gasteiger partial charge in [0.05, 0.1) is 18.9 Å². The minimum atomic E-state index is 0.639. The van der Waals surface area contributed by atoms with Crippen LogP contribution in [0.4, 0.5) is 5.69 Å². The van der Waals surface area contributed by atoms with Crippen LogP contribution in [0.1, 0.15) is 19.3 Å². The van der Waals surface area contributed by atoms with E-state index in [2.05, 4.69) is 11.0 Å². The Morgan fingerprint density at radius 3 is 2.75 bits per heavy atom. The summed E-state index contributed by atoms with van der Waals surface area (Å²) in [5.74, 6) is 0.894. The highest BCUT2D eigenvalue weighted by molar-refractivity contribution is 5.57. The standard InChI is InChI=1S/C13H18N2O/c1-15(11-7-3-6-10-14)12-8-4-5-9-13(12)16-2/h4-5,8-9H,3,6-7,11H2,1-2H3. The zero-order chi connectivity index (χ0) is 11.8. The number of unbranched alkanes of at least 4 members (excludes halogenated alkanes) is 2. The topological polar surface area (TPSA) is 36.3 Å². The molecule has 3 nitrogen and oxygen atoms in total. The van der Waals surface area contributed by atoms with E-state index in [1.54, 1.807) is 7.11 Å². The van der Waals surface area contributed by atoms with Gasteiger partial charge in [-0.25, -0.2) is 0 Å². The monoisotopic (exact) mass is 218 g/mol. The van der Waals surface area contributed by atoms with Crippen LogP contribution in [0.15, 0.2) is 24.3 Å². The highest BCUT2D eigenvalue weighted by atomic mass is 16.5. The first-order valence-electron chi connectivity index (χ1n) is 5.50. The van der Waals surface area contributed by atoms with Crippen molar-refractivity contribution in [3.05, 3.63) is 24.3 Å². The lowest BCUT2D eigenvalue weighted by atomic mass is 10.2. The minimum Gasteiger partial charge on any atom is -0.495 e. The Balaban J connectivity index is 2.52. The number of methoxy groups -OCH3 is 1. The molecule has 0 unspecified atom stereocenters. The fourth-order valence-electron chi connectivity index (χ4n) is 1.62. The van der Waals surface area contributed by atoms with Crippen LogP contribution in [0.25, 0.3) is 0 Å². The van der Waals surface area contributed by atoms with Crippen molar-refractivity contribution >= 4 is 5.69 Å². The third kappa shape index (κ3) is 3.47. The molecule has 0 amide bonds. The number of rotatable bonds is 6. The first-order chi connectivity index (χ1) is 7.79. The van der Waals surface area contributed by atoms with Gasteiger partial charge in [-0.2, -0.15) is 5.26 Å². The van der Waals surface area contributed by atoms with Gasteiger partial charge in [0, 0.05) is 20.0 Å². The summed E-state index contributed by atoms with van der Waals surface area (Å²) in [4.78, 5) is 2.16. The van der Waals surface area contributed by atoms with Crippen LogP contribution in [0.5, 0.6) is 5.75 Å². The van der Waals surface area contributed by atoms with E-state index in [1.165, 1.54) is 0 Å². The van der Waals surface area contributed by atoms with Gasteiger partial charge in [0.1, 0.15) is 5.75 Å². The minimum absolute atomic E-state index is 0.639. The van der Waals surface area contributed by atoms with E-state index >= 15 is 0 Å². The SMILES string of the molecule is COc1ccccc1N(C)CCCCC#N. The molecular weight excluding hydrogens is 200 g/mol. The summed E-state index contributed by atoms with van der Waals surface area (Å²) in [5, 5.41) is 8.45. The number of ether oxygens (including phenoxy) is 1. The average molecular weight is 218 g/mol. The molecule has 0 fully saturated rings. The first-order valence-corrected chi connectivity index (χ1v) is 5.50. The predicted molar refractivity (Wildman–Crippen MR) is 65.7 cm³/mol. The van der Waals surface area contributed by atoms with Gasteiger partial charge in [-0.1, -0.05) is 12.1 Å². The smallest absolute Gasteiger partial charge is 0.142 e. The Morgan fingerprint density at radius 1 is 1.31 bits per heavy atom. The summed E-state index contributed by atoms with van der Waals surface area (Å²) < 4.78 is 5.30. The molecule has 0 spiro atoms. The van der Waals surface area contributed by atoms with Crippen LogP contribution in [0.2, 0.25) is 0 Å². The van der Waals surface area contributed by atoms with Gasteiger partial charge >= 0.3 is 0 Å². The Morgan fingerprint density at radius 2 is 2.06 bits per heavy atom. The van der Waals surface area contributed by atoms with Gasteiger partial charge in [-0.3, -0.25) is 0 Å². The number of nitriles is 1. The van der Waals surface area contributed by atoms with E-state index in [-0.39, 0.29) is 0 Å². The maximum atomic E-state index is 8.45. The second-order valence-corrected chi connectivity index (χ2v) is 3.71. The van der Waals surface area contributed by atoms with Crippen LogP contribution in [0.3, 0.4) is 0 Å². The molecule has 1 rings (SSSR count). The third-order valence-electron chi connectivity index (χ3n) is 2.53. The third-order valence-corrected chi connectivity index (χ3v) is 2.53. The van der Waals surface area contributed by atoms with Crippen LogP contribution < -0.4 is 9.64 Å². The zero-order valence-corrected chi connectivity index (χ0v) is 9.94. The number of hydrogen-bond donors (Lipinski definition) is 0.